The number of piperidine rings is 3. The fourth-order valence-corrected chi connectivity index (χ4v) is 6.62. The molecule has 3 aliphatic heterocycles. The molecular formula is C21H23FN2OS. The van der Waals surface area contributed by atoms with Crippen molar-refractivity contribution in [1.82, 2.24) is 10.2 Å². The third kappa shape index (κ3) is 2.23. The van der Waals surface area contributed by atoms with Crippen LogP contribution in [-0.4, -0.2) is 35.5 Å². The average molecular weight is 370 g/mol. The minimum Gasteiger partial charge on any atom is -0.346 e. The molecule has 5 aliphatic rings. The molecule has 5 heteroatoms. The zero-order valence-electron chi connectivity index (χ0n) is 14.8. The molecule has 1 N–H and O–H groups in total. The molecule has 1 aromatic carbocycles. The molecule has 7 rings (SSSR count). The summed E-state index contributed by atoms with van der Waals surface area (Å²) >= 11 is 1.55. The van der Waals surface area contributed by atoms with Crippen LogP contribution in [-0.2, 0) is 0 Å². The molecule has 4 heterocycles. The zero-order valence-corrected chi connectivity index (χ0v) is 15.6. The van der Waals surface area contributed by atoms with Crippen molar-refractivity contribution in [2.45, 2.75) is 56.0 Å². The van der Waals surface area contributed by atoms with Crippen LogP contribution >= 0.6 is 11.3 Å². The van der Waals surface area contributed by atoms with Gasteiger partial charge >= 0.3 is 0 Å². The Balaban J connectivity index is 1.32. The third-order valence-corrected chi connectivity index (χ3v) is 8.32. The second-order valence-electron chi connectivity index (χ2n) is 8.68. The van der Waals surface area contributed by atoms with Crippen LogP contribution in [0.5, 0.6) is 0 Å². The summed E-state index contributed by atoms with van der Waals surface area (Å²) in [7, 11) is 0. The predicted molar refractivity (Wildman–Crippen MR) is 101 cm³/mol. The van der Waals surface area contributed by atoms with Gasteiger partial charge in [-0.2, -0.15) is 0 Å². The topological polar surface area (TPSA) is 32.3 Å². The number of carbonyl (C=O) groups excluding carboxylic acids is 1. The van der Waals surface area contributed by atoms with Gasteiger partial charge in [0.05, 0.1) is 10.9 Å². The number of hydrogen-bond acceptors (Lipinski definition) is 3. The number of halogens is 1. The van der Waals surface area contributed by atoms with Gasteiger partial charge in [0, 0.05) is 10.2 Å². The molecule has 1 unspecified atom stereocenters. The molecule has 2 aliphatic carbocycles. The molecule has 0 radical (unpaired) electrons. The number of thiophene rings is 1. The van der Waals surface area contributed by atoms with Gasteiger partial charge < -0.3 is 5.32 Å². The SMILES string of the molecule is O=C(NC1C2CCN(CC2)C12CC2)c1cc2cc(F)cc(C3CC3)c2s1. The summed E-state index contributed by atoms with van der Waals surface area (Å²) < 4.78 is 15.1. The highest BCUT2D eigenvalue weighted by molar-refractivity contribution is 7.21. The maximum absolute atomic E-state index is 14.0. The fraction of sp³-hybridized carbons (Fsp3) is 0.571. The lowest BCUT2D eigenvalue weighted by atomic mass is 9.77. The van der Waals surface area contributed by atoms with Gasteiger partial charge in [-0.1, -0.05) is 0 Å². The van der Waals surface area contributed by atoms with E-state index in [1.54, 1.807) is 23.5 Å². The number of amides is 1. The third-order valence-electron chi connectivity index (χ3n) is 7.12. The minimum atomic E-state index is -0.182. The molecule has 1 atom stereocenters. The average Bonchev–Trinajstić information content (AvgIpc) is 3.56. The summed E-state index contributed by atoms with van der Waals surface area (Å²) in [6.07, 6.45) is 7.13. The van der Waals surface area contributed by atoms with Crippen molar-refractivity contribution in [2.24, 2.45) is 5.92 Å². The first-order valence-electron chi connectivity index (χ1n) is 9.93. The number of carbonyl (C=O) groups is 1. The molecule has 2 saturated carbocycles. The largest absolute Gasteiger partial charge is 0.346 e. The van der Waals surface area contributed by atoms with Crippen LogP contribution in [0, 0.1) is 11.7 Å². The van der Waals surface area contributed by atoms with Gasteiger partial charge in [0.1, 0.15) is 5.82 Å². The second kappa shape index (κ2) is 5.29. The van der Waals surface area contributed by atoms with Gasteiger partial charge in [-0.15, -0.1) is 11.3 Å². The molecule has 2 bridgehead atoms. The molecule has 3 nitrogen and oxygen atoms in total. The molecular weight excluding hydrogens is 347 g/mol. The van der Waals surface area contributed by atoms with E-state index >= 15 is 0 Å². The molecule has 1 spiro atoms. The smallest absolute Gasteiger partial charge is 0.261 e. The summed E-state index contributed by atoms with van der Waals surface area (Å²) in [5, 5.41) is 4.28. The van der Waals surface area contributed by atoms with E-state index in [4.69, 9.17) is 0 Å². The molecule has 136 valence electrons. The van der Waals surface area contributed by atoms with Gasteiger partial charge in [0.15, 0.2) is 0 Å². The Morgan fingerprint density at radius 2 is 1.92 bits per heavy atom. The first-order chi connectivity index (χ1) is 12.6. The summed E-state index contributed by atoms with van der Waals surface area (Å²) in [5.41, 5.74) is 1.35. The fourth-order valence-electron chi connectivity index (χ4n) is 5.49. The number of nitrogens with zero attached hydrogens (tertiary/aromatic N) is 1. The van der Waals surface area contributed by atoms with E-state index in [1.165, 1.54) is 38.8 Å². The standard InChI is InChI=1S/C21H23FN2OS/c22-15-9-14-10-17(26-18(14)16(11-15)12-1-2-12)20(25)23-19-13-3-7-24(8-4-13)21(19)5-6-21/h9-13,19H,1-8H2,(H,23,25). The van der Waals surface area contributed by atoms with Crippen LogP contribution in [0.4, 0.5) is 4.39 Å². The molecule has 2 aromatic rings. The maximum Gasteiger partial charge on any atom is 0.261 e. The van der Waals surface area contributed by atoms with E-state index in [0.29, 0.717) is 17.9 Å². The maximum atomic E-state index is 14.0. The molecule has 3 saturated heterocycles. The molecule has 1 amide bonds. The van der Waals surface area contributed by atoms with Crippen molar-refractivity contribution in [3.8, 4) is 0 Å². The van der Waals surface area contributed by atoms with Crippen molar-refractivity contribution in [3.63, 3.8) is 0 Å². The first-order valence-corrected chi connectivity index (χ1v) is 10.7. The lowest BCUT2D eigenvalue weighted by Crippen LogP contribution is -2.65. The number of rotatable bonds is 3. The van der Waals surface area contributed by atoms with Gasteiger partial charge in [0.2, 0.25) is 0 Å². The predicted octanol–water partition coefficient (Wildman–Crippen LogP) is 4.27. The molecule has 5 fully saturated rings. The summed E-state index contributed by atoms with van der Waals surface area (Å²) in [6.45, 7) is 2.40. The van der Waals surface area contributed by atoms with Gasteiger partial charge in [-0.05, 0) is 92.6 Å². The number of benzene rings is 1. The van der Waals surface area contributed by atoms with Crippen LogP contribution in [0.2, 0.25) is 0 Å². The second-order valence-corrected chi connectivity index (χ2v) is 9.73. The van der Waals surface area contributed by atoms with Crippen molar-refractivity contribution in [1.29, 1.82) is 0 Å². The Labute approximate surface area is 156 Å². The van der Waals surface area contributed by atoms with Crippen LogP contribution in [0.3, 0.4) is 0 Å². The van der Waals surface area contributed by atoms with Gasteiger partial charge in [0.25, 0.3) is 5.91 Å². The summed E-state index contributed by atoms with van der Waals surface area (Å²) in [5.74, 6) is 0.969. The van der Waals surface area contributed by atoms with E-state index in [-0.39, 0.29) is 17.3 Å². The number of hydrogen-bond donors (Lipinski definition) is 1. The quantitative estimate of drug-likeness (QED) is 0.875. The van der Waals surface area contributed by atoms with Crippen LogP contribution in [0.15, 0.2) is 18.2 Å². The van der Waals surface area contributed by atoms with Crippen LogP contribution in [0.1, 0.15) is 59.7 Å². The van der Waals surface area contributed by atoms with E-state index < -0.39 is 0 Å². The normalized spacial score (nSPS) is 31.5. The lowest BCUT2D eigenvalue weighted by molar-refractivity contribution is -0.00138. The van der Waals surface area contributed by atoms with E-state index in [0.717, 1.165) is 33.4 Å². The van der Waals surface area contributed by atoms with Crippen LogP contribution in [0.25, 0.3) is 10.1 Å². The van der Waals surface area contributed by atoms with Crippen LogP contribution < -0.4 is 5.32 Å². The minimum absolute atomic E-state index is 0.0402. The Hall–Kier alpha value is -1.46. The zero-order chi connectivity index (χ0) is 17.5. The van der Waals surface area contributed by atoms with Gasteiger partial charge in [-0.25, -0.2) is 4.39 Å². The summed E-state index contributed by atoms with van der Waals surface area (Å²) in [4.78, 5) is 16.4. The Kier molecular flexibility index (Phi) is 3.17. The number of fused-ring (bicyclic) bond motifs is 3. The van der Waals surface area contributed by atoms with Gasteiger partial charge in [-0.3, -0.25) is 9.69 Å². The summed E-state index contributed by atoms with van der Waals surface area (Å²) in [6, 6.07) is 5.43. The lowest BCUT2D eigenvalue weighted by Gasteiger charge is -2.52. The van der Waals surface area contributed by atoms with E-state index in [9.17, 15) is 9.18 Å². The monoisotopic (exact) mass is 370 g/mol. The van der Waals surface area contributed by atoms with E-state index in [1.807, 2.05) is 6.07 Å². The highest BCUT2D eigenvalue weighted by Gasteiger charge is 2.60. The molecule has 26 heavy (non-hydrogen) atoms. The van der Waals surface area contributed by atoms with Crippen molar-refractivity contribution < 1.29 is 9.18 Å². The van der Waals surface area contributed by atoms with Crippen molar-refractivity contribution in [2.75, 3.05) is 13.1 Å². The highest BCUT2D eigenvalue weighted by atomic mass is 32.1. The van der Waals surface area contributed by atoms with E-state index in [2.05, 4.69) is 10.2 Å². The Bertz CT molecular complexity index is 906. The van der Waals surface area contributed by atoms with Crippen molar-refractivity contribution >= 4 is 27.3 Å². The van der Waals surface area contributed by atoms with Crippen molar-refractivity contribution in [3.05, 3.63) is 34.5 Å². The first kappa shape index (κ1) is 15.6. The number of nitrogens with one attached hydrogen (secondary N) is 1. The highest BCUT2D eigenvalue weighted by Crippen LogP contribution is 2.54. The Morgan fingerprint density at radius 3 is 2.62 bits per heavy atom. The Morgan fingerprint density at radius 1 is 1.15 bits per heavy atom. The molecule has 1 aromatic heterocycles.